The van der Waals surface area contributed by atoms with Crippen LogP contribution in [0.1, 0.15) is 33.6 Å². The highest BCUT2D eigenvalue weighted by Gasteiger charge is 2.39. The van der Waals surface area contributed by atoms with Gasteiger partial charge in [0, 0.05) is 6.42 Å². The summed E-state index contributed by atoms with van der Waals surface area (Å²) >= 11 is 0. The molecule has 1 aliphatic rings. The number of nitrogens with zero attached hydrogens (tertiary/aromatic N) is 1. The Bertz CT molecular complexity index is 331. The fourth-order valence-corrected chi connectivity index (χ4v) is 1.45. The first-order valence-corrected chi connectivity index (χ1v) is 4.98. The van der Waals surface area contributed by atoms with Gasteiger partial charge < -0.3 is 14.6 Å². The normalized spacial score (nSPS) is 21.1. The van der Waals surface area contributed by atoms with E-state index in [1.54, 1.807) is 20.8 Å². The lowest BCUT2D eigenvalue weighted by Gasteiger charge is -2.27. The van der Waals surface area contributed by atoms with Crippen molar-refractivity contribution in [3.05, 3.63) is 0 Å². The Morgan fingerprint density at radius 1 is 1.44 bits per heavy atom. The summed E-state index contributed by atoms with van der Waals surface area (Å²) in [7, 11) is 0. The predicted octanol–water partition coefficient (Wildman–Crippen LogP) is -0.338. The molecule has 1 atom stereocenters. The van der Waals surface area contributed by atoms with E-state index in [2.05, 4.69) is 0 Å². The van der Waals surface area contributed by atoms with Crippen molar-refractivity contribution < 1.29 is 24.2 Å². The van der Waals surface area contributed by atoms with Crippen LogP contribution in [-0.2, 0) is 14.3 Å². The fraction of sp³-hybridized carbons (Fsp3) is 0.700. The predicted molar refractivity (Wildman–Crippen MR) is 51.1 cm³/mol. The molecule has 0 N–H and O–H groups in total. The minimum absolute atomic E-state index is 0.0257. The molecule has 6 heteroatoms. The Morgan fingerprint density at radius 2 is 2.00 bits per heavy atom. The molecule has 90 valence electrons. The number of hydrogen-bond acceptors (Lipinski definition) is 5. The Labute approximate surface area is 93.2 Å². The number of likely N-dealkylation sites (tertiary alicyclic amines) is 1. The highest BCUT2D eigenvalue weighted by molar-refractivity contribution is 5.98. The van der Waals surface area contributed by atoms with Gasteiger partial charge in [-0.25, -0.2) is 9.69 Å². The van der Waals surface area contributed by atoms with Crippen molar-refractivity contribution >= 4 is 18.0 Å². The highest BCUT2D eigenvalue weighted by atomic mass is 16.6. The second-order valence-corrected chi connectivity index (χ2v) is 4.62. The van der Waals surface area contributed by atoms with Crippen LogP contribution in [0.2, 0.25) is 0 Å². The van der Waals surface area contributed by atoms with E-state index in [1.807, 2.05) is 0 Å². The standard InChI is InChI=1S/C10H15NO5/c1-10(2,3)16-9(15)11-6(8(13)14)4-5-7(11)12/h6H,4-5H2,1-3H3,(H,13,14)/p-1. The van der Waals surface area contributed by atoms with Crippen LogP contribution in [0.15, 0.2) is 0 Å². The Balaban J connectivity index is 2.80. The van der Waals surface area contributed by atoms with Crippen molar-refractivity contribution in [3.8, 4) is 0 Å². The molecular weight excluding hydrogens is 214 g/mol. The molecule has 0 bridgehead atoms. The molecule has 0 spiro atoms. The van der Waals surface area contributed by atoms with Gasteiger partial charge in [-0.2, -0.15) is 0 Å². The van der Waals surface area contributed by atoms with Gasteiger partial charge in [0.1, 0.15) is 5.60 Å². The van der Waals surface area contributed by atoms with Gasteiger partial charge in [0.25, 0.3) is 0 Å². The maximum Gasteiger partial charge on any atom is 0.417 e. The van der Waals surface area contributed by atoms with E-state index in [0.29, 0.717) is 4.90 Å². The summed E-state index contributed by atoms with van der Waals surface area (Å²) < 4.78 is 4.95. The van der Waals surface area contributed by atoms with Gasteiger partial charge >= 0.3 is 6.09 Å². The van der Waals surface area contributed by atoms with E-state index in [0.717, 1.165) is 0 Å². The van der Waals surface area contributed by atoms with E-state index < -0.39 is 29.6 Å². The summed E-state index contributed by atoms with van der Waals surface area (Å²) in [4.78, 5) is 34.3. The molecule has 16 heavy (non-hydrogen) atoms. The zero-order valence-corrected chi connectivity index (χ0v) is 9.48. The molecule has 1 fully saturated rings. The number of hydrogen-bond donors (Lipinski definition) is 0. The second kappa shape index (κ2) is 4.11. The van der Waals surface area contributed by atoms with Gasteiger partial charge in [-0.15, -0.1) is 0 Å². The van der Waals surface area contributed by atoms with Gasteiger partial charge in [-0.1, -0.05) is 0 Å². The molecule has 1 aliphatic heterocycles. The average Bonchev–Trinajstić information content (AvgIpc) is 2.43. The molecule has 0 aliphatic carbocycles. The van der Waals surface area contributed by atoms with E-state index in [4.69, 9.17) is 4.74 Å². The topological polar surface area (TPSA) is 86.7 Å². The quantitative estimate of drug-likeness (QED) is 0.613. The summed E-state index contributed by atoms with van der Waals surface area (Å²) in [5.74, 6) is -1.97. The summed E-state index contributed by atoms with van der Waals surface area (Å²) in [6, 6.07) is -1.21. The van der Waals surface area contributed by atoms with E-state index in [1.165, 1.54) is 0 Å². The number of carboxylic acid groups (broad SMARTS) is 1. The number of carbonyl (C=O) groups excluding carboxylic acids is 3. The number of amides is 2. The van der Waals surface area contributed by atoms with Crippen LogP contribution in [-0.4, -0.2) is 34.5 Å². The van der Waals surface area contributed by atoms with Gasteiger partial charge in [-0.05, 0) is 27.2 Å². The molecule has 1 saturated heterocycles. The lowest BCUT2D eigenvalue weighted by atomic mass is 10.2. The summed E-state index contributed by atoms with van der Waals surface area (Å²) in [6.07, 6.45) is -0.817. The van der Waals surface area contributed by atoms with Gasteiger partial charge in [0.15, 0.2) is 0 Å². The number of ether oxygens (including phenoxy) is 1. The van der Waals surface area contributed by atoms with E-state index >= 15 is 0 Å². The van der Waals surface area contributed by atoms with Crippen molar-refractivity contribution in [3.63, 3.8) is 0 Å². The molecule has 2 amide bonds. The molecule has 1 unspecified atom stereocenters. The lowest BCUT2D eigenvalue weighted by Crippen LogP contribution is -2.50. The zero-order valence-electron chi connectivity index (χ0n) is 9.48. The van der Waals surface area contributed by atoms with E-state index in [9.17, 15) is 19.5 Å². The summed E-state index contributed by atoms with van der Waals surface area (Å²) in [6.45, 7) is 4.92. The first kappa shape index (κ1) is 12.5. The number of carbonyl (C=O) groups is 3. The Kier molecular flexibility index (Phi) is 3.21. The Morgan fingerprint density at radius 3 is 2.44 bits per heavy atom. The lowest BCUT2D eigenvalue weighted by molar-refractivity contribution is -0.310. The molecule has 0 aromatic heterocycles. The molecule has 6 nitrogen and oxygen atoms in total. The summed E-state index contributed by atoms with van der Waals surface area (Å²) in [5, 5.41) is 10.7. The van der Waals surface area contributed by atoms with Crippen LogP contribution in [0.25, 0.3) is 0 Å². The molecular formula is C10H14NO5-. The average molecular weight is 228 g/mol. The zero-order chi connectivity index (χ0) is 12.5. The van der Waals surface area contributed by atoms with Crippen LogP contribution in [0, 0.1) is 0 Å². The third-order valence-electron chi connectivity index (χ3n) is 2.07. The summed E-state index contributed by atoms with van der Waals surface area (Å²) in [5.41, 5.74) is -0.767. The number of carboxylic acids is 1. The third-order valence-corrected chi connectivity index (χ3v) is 2.07. The molecule has 1 rings (SSSR count). The van der Waals surface area contributed by atoms with Crippen LogP contribution < -0.4 is 5.11 Å². The van der Waals surface area contributed by atoms with Crippen molar-refractivity contribution in [2.75, 3.05) is 0 Å². The van der Waals surface area contributed by atoms with Gasteiger partial charge in [0.2, 0.25) is 5.91 Å². The first-order chi connectivity index (χ1) is 7.22. The SMILES string of the molecule is CC(C)(C)OC(=O)N1C(=O)CCC1C(=O)[O-]. The number of rotatable bonds is 1. The van der Waals surface area contributed by atoms with Crippen LogP contribution in [0.5, 0.6) is 0 Å². The van der Waals surface area contributed by atoms with Crippen molar-refractivity contribution in [2.24, 2.45) is 0 Å². The Hall–Kier alpha value is -1.59. The third kappa shape index (κ3) is 2.71. The van der Waals surface area contributed by atoms with Gasteiger partial charge in [-0.3, -0.25) is 4.79 Å². The van der Waals surface area contributed by atoms with E-state index in [-0.39, 0.29) is 12.8 Å². The van der Waals surface area contributed by atoms with Crippen LogP contribution in [0.4, 0.5) is 4.79 Å². The molecule has 1 heterocycles. The molecule has 0 aromatic rings. The van der Waals surface area contributed by atoms with Crippen LogP contribution in [0.3, 0.4) is 0 Å². The van der Waals surface area contributed by atoms with Gasteiger partial charge in [0.05, 0.1) is 12.0 Å². The molecule has 0 saturated carbocycles. The van der Waals surface area contributed by atoms with Crippen molar-refractivity contribution in [1.29, 1.82) is 0 Å². The highest BCUT2D eigenvalue weighted by Crippen LogP contribution is 2.21. The number of aliphatic carboxylic acids is 1. The van der Waals surface area contributed by atoms with Crippen LogP contribution >= 0.6 is 0 Å². The first-order valence-electron chi connectivity index (χ1n) is 4.98. The smallest absolute Gasteiger partial charge is 0.417 e. The van der Waals surface area contributed by atoms with Crippen molar-refractivity contribution in [2.45, 2.75) is 45.3 Å². The minimum Gasteiger partial charge on any atom is -0.548 e. The van der Waals surface area contributed by atoms with Crippen molar-refractivity contribution in [1.82, 2.24) is 4.90 Å². The second-order valence-electron chi connectivity index (χ2n) is 4.62. The monoisotopic (exact) mass is 228 g/mol. The fourth-order valence-electron chi connectivity index (χ4n) is 1.45. The minimum atomic E-state index is -1.43. The maximum atomic E-state index is 11.6. The number of imide groups is 1. The largest absolute Gasteiger partial charge is 0.548 e. The maximum absolute atomic E-state index is 11.6. The molecule has 0 aromatic carbocycles. The molecule has 0 radical (unpaired) electrons.